The van der Waals surface area contributed by atoms with Gasteiger partial charge >= 0.3 is 0 Å². The van der Waals surface area contributed by atoms with Crippen LogP contribution in [0.5, 0.6) is 0 Å². The largest absolute Gasteiger partial charge is 0.320 e. The quantitative estimate of drug-likeness (QED) is 0.884. The number of hydrogen-bond donors (Lipinski definition) is 1. The average Bonchev–Trinajstić information content (AvgIpc) is 2.32. The fourth-order valence-electron chi connectivity index (χ4n) is 2.01. The number of rotatable bonds is 2. The first kappa shape index (κ1) is 12.3. The van der Waals surface area contributed by atoms with Crippen molar-refractivity contribution in [3.05, 3.63) is 69.2 Å². The molecular weight excluding hydrogens is 274 g/mol. The zero-order valence-corrected chi connectivity index (χ0v) is 11.7. The molecule has 0 heterocycles. The Bertz CT molecular complexity index is 534. The predicted molar refractivity (Wildman–Crippen MR) is 76.1 cm³/mol. The van der Waals surface area contributed by atoms with Crippen LogP contribution < -0.4 is 5.73 Å². The third-order valence-corrected chi connectivity index (χ3v) is 4.16. The molecule has 17 heavy (non-hydrogen) atoms. The second kappa shape index (κ2) is 5.03. The van der Waals surface area contributed by atoms with E-state index < -0.39 is 0 Å². The van der Waals surface area contributed by atoms with E-state index >= 15 is 0 Å². The highest BCUT2D eigenvalue weighted by Gasteiger charge is 2.14. The van der Waals surface area contributed by atoms with Gasteiger partial charge in [0.2, 0.25) is 0 Å². The maximum Gasteiger partial charge on any atom is 0.0565 e. The maximum absolute atomic E-state index is 6.36. The lowest BCUT2D eigenvalue weighted by atomic mass is 9.95. The summed E-state index contributed by atoms with van der Waals surface area (Å²) in [5, 5.41) is 0. The van der Waals surface area contributed by atoms with Gasteiger partial charge in [-0.25, -0.2) is 0 Å². The zero-order valence-electron chi connectivity index (χ0n) is 10.1. The monoisotopic (exact) mass is 289 g/mol. The molecule has 1 nitrogen and oxygen atoms in total. The van der Waals surface area contributed by atoms with Crippen molar-refractivity contribution in [2.24, 2.45) is 5.73 Å². The van der Waals surface area contributed by atoms with Gasteiger partial charge in [-0.1, -0.05) is 58.4 Å². The highest BCUT2D eigenvalue weighted by atomic mass is 79.9. The van der Waals surface area contributed by atoms with Crippen molar-refractivity contribution < 1.29 is 0 Å². The molecule has 2 rings (SSSR count). The minimum absolute atomic E-state index is 0.0783. The first-order valence-corrected chi connectivity index (χ1v) is 6.46. The lowest BCUT2D eigenvalue weighted by Crippen LogP contribution is -2.14. The molecule has 1 unspecified atom stereocenters. The van der Waals surface area contributed by atoms with Gasteiger partial charge in [-0.3, -0.25) is 0 Å². The molecule has 0 aromatic heterocycles. The molecule has 1 atom stereocenters. The molecule has 0 fully saturated rings. The predicted octanol–water partition coefficient (Wildman–Crippen LogP) is 4.11. The van der Waals surface area contributed by atoms with Crippen LogP contribution in [0.3, 0.4) is 0 Å². The number of aryl methyl sites for hydroxylation is 2. The number of hydrogen-bond acceptors (Lipinski definition) is 1. The first-order chi connectivity index (χ1) is 8.11. The van der Waals surface area contributed by atoms with Crippen molar-refractivity contribution in [2.75, 3.05) is 0 Å². The van der Waals surface area contributed by atoms with Gasteiger partial charge in [0, 0.05) is 4.47 Å². The van der Waals surface area contributed by atoms with Gasteiger partial charge in [0.15, 0.2) is 0 Å². The normalized spacial score (nSPS) is 12.5. The van der Waals surface area contributed by atoms with Crippen molar-refractivity contribution in [1.82, 2.24) is 0 Å². The highest BCUT2D eigenvalue weighted by Crippen LogP contribution is 2.30. The summed E-state index contributed by atoms with van der Waals surface area (Å²) in [4.78, 5) is 0. The van der Waals surface area contributed by atoms with Crippen molar-refractivity contribution in [2.45, 2.75) is 19.9 Å². The number of halogens is 1. The van der Waals surface area contributed by atoms with Gasteiger partial charge in [-0.15, -0.1) is 0 Å². The first-order valence-electron chi connectivity index (χ1n) is 5.67. The summed E-state index contributed by atoms with van der Waals surface area (Å²) in [6, 6.07) is 14.4. The molecule has 0 saturated heterocycles. The molecule has 2 aromatic carbocycles. The van der Waals surface area contributed by atoms with Crippen LogP contribution in [0.4, 0.5) is 0 Å². The summed E-state index contributed by atoms with van der Waals surface area (Å²) >= 11 is 3.62. The fraction of sp³-hybridized carbons (Fsp3) is 0.200. The Hall–Kier alpha value is -1.12. The second-order valence-corrected chi connectivity index (χ2v) is 5.11. The molecule has 0 aliphatic carbocycles. The summed E-state index contributed by atoms with van der Waals surface area (Å²) in [7, 11) is 0. The molecule has 0 radical (unpaired) electrons. The molecule has 2 heteroatoms. The van der Waals surface area contributed by atoms with E-state index in [0.717, 1.165) is 10.0 Å². The Balaban J connectivity index is 2.48. The van der Waals surface area contributed by atoms with E-state index in [1.807, 2.05) is 18.2 Å². The summed E-state index contributed by atoms with van der Waals surface area (Å²) < 4.78 is 1.11. The van der Waals surface area contributed by atoms with E-state index in [-0.39, 0.29) is 6.04 Å². The van der Waals surface area contributed by atoms with Crippen LogP contribution in [0, 0.1) is 13.8 Å². The van der Waals surface area contributed by atoms with Crippen molar-refractivity contribution in [3.63, 3.8) is 0 Å². The Kier molecular flexibility index (Phi) is 3.65. The highest BCUT2D eigenvalue weighted by molar-refractivity contribution is 9.10. The SMILES string of the molecule is Cc1ccccc1C(N)c1cccc(C)c1Br. The van der Waals surface area contributed by atoms with Crippen LogP contribution in [-0.4, -0.2) is 0 Å². The Labute approximate surface area is 111 Å². The smallest absolute Gasteiger partial charge is 0.0565 e. The van der Waals surface area contributed by atoms with E-state index in [2.05, 4.69) is 54.0 Å². The van der Waals surface area contributed by atoms with Crippen LogP contribution in [0.15, 0.2) is 46.9 Å². The van der Waals surface area contributed by atoms with Gasteiger partial charge < -0.3 is 5.73 Å². The summed E-state index contributed by atoms with van der Waals surface area (Å²) in [5.74, 6) is 0. The van der Waals surface area contributed by atoms with Crippen LogP contribution >= 0.6 is 15.9 Å². The van der Waals surface area contributed by atoms with Gasteiger partial charge in [0.1, 0.15) is 0 Å². The van der Waals surface area contributed by atoms with Crippen LogP contribution in [-0.2, 0) is 0 Å². The molecule has 2 N–H and O–H groups in total. The van der Waals surface area contributed by atoms with E-state index in [1.165, 1.54) is 16.7 Å². The van der Waals surface area contributed by atoms with Crippen LogP contribution in [0.1, 0.15) is 28.3 Å². The minimum atomic E-state index is -0.0783. The molecule has 0 aliphatic heterocycles. The van der Waals surface area contributed by atoms with Gasteiger partial charge in [-0.05, 0) is 36.1 Å². The zero-order chi connectivity index (χ0) is 12.4. The van der Waals surface area contributed by atoms with Crippen LogP contribution in [0.2, 0.25) is 0 Å². The van der Waals surface area contributed by atoms with Gasteiger partial charge in [0.05, 0.1) is 6.04 Å². The fourth-order valence-corrected chi connectivity index (χ4v) is 2.52. The summed E-state index contributed by atoms with van der Waals surface area (Å²) in [6.45, 7) is 4.18. The molecule has 2 aromatic rings. The molecule has 0 amide bonds. The van der Waals surface area contributed by atoms with Crippen molar-refractivity contribution >= 4 is 15.9 Å². The Morgan fingerprint density at radius 1 is 0.882 bits per heavy atom. The third kappa shape index (κ3) is 2.43. The summed E-state index contributed by atoms with van der Waals surface area (Å²) in [5.41, 5.74) is 11.1. The number of nitrogens with two attached hydrogens (primary N) is 1. The number of benzene rings is 2. The van der Waals surface area contributed by atoms with E-state index in [4.69, 9.17) is 5.73 Å². The van der Waals surface area contributed by atoms with E-state index in [0.29, 0.717) is 0 Å². The molecule has 0 bridgehead atoms. The van der Waals surface area contributed by atoms with E-state index in [1.54, 1.807) is 0 Å². The lowest BCUT2D eigenvalue weighted by Gasteiger charge is -2.17. The van der Waals surface area contributed by atoms with Crippen LogP contribution in [0.25, 0.3) is 0 Å². The maximum atomic E-state index is 6.36. The van der Waals surface area contributed by atoms with Gasteiger partial charge in [-0.2, -0.15) is 0 Å². The Morgan fingerprint density at radius 3 is 2.18 bits per heavy atom. The molecule has 0 spiro atoms. The standard InChI is InChI=1S/C15H16BrN/c1-10-6-3-4-8-12(10)15(17)13-9-5-7-11(2)14(13)16/h3-9,15H,17H2,1-2H3. The van der Waals surface area contributed by atoms with Crippen molar-refractivity contribution in [1.29, 1.82) is 0 Å². The topological polar surface area (TPSA) is 26.0 Å². The summed E-state index contributed by atoms with van der Waals surface area (Å²) in [6.07, 6.45) is 0. The second-order valence-electron chi connectivity index (χ2n) is 4.31. The third-order valence-electron chi connectivity index (χ3n) is 3.08. The molecular formula is C15H16BrN. The molecule has 88 valence electrons. The molecule has 0 aliphatic rings. The average molecular weight is 290 g/mol. The molecule has 0 saturated carbocycles. The lowest BCUT2D eigenvalue weighted by molar-refractivity contribution is 0.854. The van der Waals surface area contributed by atoms with E-state index in [9.17, 15) is 0 Å². The van der Waals surface area contributed by atoms with Crippen molar-refractivity contribution in [3.8, 4) is 0 Å². The Morgan fingerprint density at radius 2 is 1.47 bits per heavy atom. The minimum Gasteiger partial charge on any atom is -0.320 e. The van der Waals surface area contributed by atoms with Gasteiger partial charge in [0.25, 0.3) is 0 Å².